The average Bonchev–Trinajstić information content (AvgIpc) is 2.64. The number of hydrogen-bond acceptors (Lipinski definition) is 1. The van der Waals surface area contributed by atoms with Crippen LogP contribution < -0.4 is 0 Å². The molecule has 0 aliphatic rings. The Labute approximate surface area is 99.8 Å². The number of hydrogen-bond donors (Lipinski definition) is 0. The lowest BCUT2D eigenvalue weighted by Gasteiger charge is -1.94. The standard InChI is InChI=1S/C12H6BrClO/c13-8-5-6-9(14)11-7-3-1-2-4-10(7)15-12(8)11/h1-6H. The molecule has 0 amide bonds. The van der Waals surface area contributed by atoms with Crippen molar-refractivity contribution in [1.29, 1.82) is 0 Å². The molecule has 0 atom stereocenters. The number of fused-ring (bicyclic) bond motifs is 3. The molecular formula is C12H6BrClO. The molecule has 0 aliphatic heterocycles. The smallest absolute Gasteiger partial charge is 0.151 e. The Hall–Kier alpha value is -0.990. The zero-order valence-corrected chi connectivity index (χ0v) is 9.97. The van der Waals surface area contributed by atoms with Crippen LogP contribution in [-0.4, -0.2) is 0 Å². The summed E-state index contributed by atoms with van der Waals surface area (Å²) in [6.45, 7) is 0. The van der Waals surface area contributed by atoms with Gasteiger partial charge in [-0.1, -0.05) is 29.8 Å². The molecule has 1 aromatic heterocycles. The lowest BCUT2D eigenvalue weighted by molar-refractivity contribution is 0.667. The van der Waals surface area contributed by atoms with Crippen molar-refractivity contribution < 1.29 is 4.42 Å². The largest absolute Gasteiger partial charge is 0.455 e. The van der Waals surface area contributed by atoms with Gasteiger partial charge in [0.05, 0.1) is 9.50 Å². The van der Waals surface area contributed by atoms with Crippen molar-refractivity contribution in [2.24, 2.45) is 0 Å². The molecule has 0 fully saturated rings. The molecule has 0 unspecified atom stereocenters. The first-order valence-electron chi connectivity index (χ1n) is 4.52. The molecule has 1 nitrogen and oxygen atoms in total. The van der Waals surface area contributed by atoms with E-state index in [1.54, 1.807) is 0 Å². The number of rotatable bonds is 0. The van der Waals surface area contributed by atoms with Crippen LogP contribution in [0.3, 0.4) is 0 Å². The van der Waals surface area contributed by atoms with Crippen LogP contribution in [0.4, 0.5) is 0 Å². The monoisotopic (exact) mass is 280 g/mol. The minimum atomic E-state index is 0.721. The van der Waals surface area contributed by atoms with Gasteiger partial charge in [-0.2, -0.15) is 0 Å². The van der Waals surface area contributed by atoms with Crippen molar-refractivity contribution in [3.05, 3.63) is 45.9 Å². The summed E-state index contributed by atoms with van der Waals surface area (Å²) in [4.78, 5) is 0. The predicted octanol–water partition coefficient (Wildman–Crippen LogP) is 5.00. The summed E-state index contributed by atoms with van der Waals surface area (Å²) in [5, 5.41) is 2.75. The van der Waals surface area contributed by atoms with Crippen LogP contribution in [-0.2, 0) is 0 Å². The Morgan fingerprint density at radius 1 is 1.07 bits per heavy atom. The summed E-state index contributed by atoms with van der Waals surface area (Å²) in [5.41, 5.74) is 1.67. The van der Waals surface area contributed by atoms with Gasteiger partial charge in [0.1, 0.15) is 5.58 Å². The van der Waals surface area contributed by atoms with Crippen molar-refractivity contribution in [2.45, 2.75) is 0 Å². The maximum absolute atomic E-state index is 6.17. The molecule has 0 N–H and O–H groups in total. The van der Waals surface area contributed by atoms with Crippen molar-refractivity contribution in [3.8, 4) is 0 Å². The van der Waals surface area contributed by atoms with E-state index in [2.05, 4.69) is 15.9 Å². The van der Waals surface area contributed by atoms with E-state index in [-0.39, 0.29) is 0 Å². The topological polar surface area (TPSA) is 13.1 Å². The third-order valence-corrected chi connectivity index (χ3v) is 3.37. The van der Waals surface area contributed by atoms with Gasteiger partial charge in [-0.05, 0) is 34.1 Å². The summed E-state index contributed by atoms with van der Waals surface area (Å²) in [7, 11) is 0. The SMILES string of the molecule is Clc1ccc(Br)c2oc3ccccc3c12. The van der Waals surface area contributed by atoms with E-state index in [0.29, 0.717) is 0 Å². The number of para-hydroxylation sites is 1. The Morgan fingerprint density at radius 3 is 2.73 bits per heavy atom. The fraction of sp³-hybridized carbons (Fsp3) is 0. The lowest BCUT2D eigenvalue weighted by atomic mass is 10.1. The fourth-order valence-corrected chi connectivity index (χ4v) is 2.42. The first-order valence-corrected chi connectivity index (χ1v) is 5.70. The van der Waals surface area contributed by atoms with Gasteiger partial charge in [0.15, 0.2) is 5.58 Å². The molecular weight excluding hydrogens is 275 g/mol. The lowest BCUT2D eigenvalue weighted by Crippen LogP contribution is -1.70. The Bertz CT molecular complexity index is 657. The van der Waals surface area contributed by atoms with Crippen LogP contribution in [0.1, 0.15) is 0 Å². The van der Waals surface area contributed by atoms with Crippen molar-refractivity contribution in [3.63, 3.8) is 0 Å². The number of halogens is 2. The van der Waals surface area contributed by atoms with Crippen molar-refractivity contribution in [2.75, 3.05) is 0 Å². The molecule has 0 radical (unpaired) electrons. The molecule has 3 heteroatoms. The highest BCUT2D eigenvalue weighted by Gasteiger charge is 2.11. The van der Waals surface area contributed by atoms with E-state index in [9.17, 15) is 0 Å². The molecule has 0 spiro atoms. The fourth-order valence-electron chi connectivity index (χ4n) is 1.76. The van der Waals surface area contributed by atoms with Gasteiger partial charge in [-0.15, -0.1) is 0 Å². The van der Waals surface area contributed by atoms with Gasteiger partial charge in [0.25, 0.3) is 0 Å². The minimum absolute atomic E-state index is 0.721. The van der Waals surface area contributed by atoms with Gasteiger partial charge >= 0.3 is 0 Å². The predicted molar refractivity (Wildman–Crippen MR) is 66.4 cm³/mol. The zero-order valence-electron chi connectivity index (χ0n) is 7.63. The molecule has 15 heavy (non-hydrogen) atoms. The average molecular weight is 282 g/mol. The molecule has 74 valence electrons. The van der Waals surface area contributed by atoms with Crippen molar-refractivity contribution in [1.82, 2.24) is 0 Å². The first kappa shape index (κ1) is 9.25. The molecule has 0 aliphatic carbocycles. The van der Waals surface area contributed by atoms with Crippen LogP contribution in [0.25, 0.3) is 21.9 Å². The first-order chi connectivity index (χ1) is 7.27. The highest BCUT2D eigenvalue weighted by atomic mass is 79.9. The molecule has 3 aromatic rings. The second-order valence-corrected chi connectivity index (χ2v) is 4.59. The molecule has 0 bridgehead atoms. The molecule has 1 heterocycles. The highest BCUT2D eigenvalue weighted by Crippen LogP contribution is 2.37. The Kier molecular flexibility index (Phi) is 2.01. The minimum Gasteiger partial charge on any atom is -0.455 e. The van der Waals surface area contributed by atoms with Crippen LogP contribution >= 0.6 is 27.5 Å². The number of furan rings is 1. The highest BCUT2D eigenvalue weighted by molar-refractivity contribution is 9.10. The van der Waals surface area contributed by atoms with Gasteiger partial charge < -0.3 is 4.42 Å². The zero-order chi connectivity index (χ0) is 10.4. The van der Waals surface area contributed by atoms with Crippen molar-refractivity contribution >= 4 is 49.5 Å². The summed E-state index contributed by atoms with van der Waals surface area (Å²) < 4.78 is 6.66. The van der Waals surface area contributed by atoms with Crippen LogP contribution in [0.5, 0.6) is 0 Å². The normalized spacial score (nSPS) is 11.3. The third-order valence-electron chi connectivity index (χ3n) is 2.43. The van der Waals surface area contributed by atoms with Gasteiger partial charge in [0.2, 0.25) is 0 Å². The molecule has 0 saturated heterocycles. The second-order valence-electron chi connectivity index (χ2n) is 3.33. The Balaban J connectivity index is 2.66. The van der Waals surface area contributed by atoms with Crippen LogP contribution in [0.15, 0.2) is 45.3 Å². The van der Waals surface area contributed by atoms with Crippen LogP contribution in [0, 0.1) is 0 Å². The summed E-state index contributed by atoms with van der Waals surface area (Å²) >= 11 is 9.63. The molecule has 0 saturated carbocycles. The van der Waals surface area contributed by atoms with E-state index < -0.39 is 0 Å². The maximum atomic E-state index is 6.17. The van der Waals surface area contributed by atoms with Crippen LogP contribution in [0.2, 0.25) is 5.02 Å². The van der Waals surface area contributed by atoms with E-state index >= 15 is 0 Å². The van der Waals surface area contributed by atoms with E-state index in [1.165, 1.54) is 0 Å². The maximum Gasteiger partial charge on any atom is 0.151 e. The quantitative estimate of drug-likeness (QED) is 0.565. The summed E-state index contributed by atoms with van der Waals surface area (Å²) in [5.74, 6) is 0. The molecule has 3 rings (SSSR count). The van der Waals surface area contributed by atoms with E-state index in [4.69, 9.17) is 16.0 Å². The summed E-state index contributed by atoms with van der Waals surface area (Å²) in [6, 6.07) is 11.7. The second kappa shape index (κ2) is 3.26. The van der Waals surface area contributed by atoms with E-state index in [0.717, 1.165) is 31.4 Å². The van der Waals surface area contributed by atoms with Gasteiger partial charge in [-0.3, -0.25) is 0 Å². The van der Waals surface area contributed by atoms with E-state index in [1.807, 2.05) is 36.4 Å². The summed E-state index contributed by atoms with van der Waals surface area (Å²) in [6.07, 6.45) is 0. The number of benzene rings is 2. The third kappa shape index (κ3) is 1.29. The molecule has 2 aromatic carbocycles. The van der Waals surface area contributed by atoms with Gasteiger partial charge in [-0.25, -0.2) is 0 Å². The van der Waals surface area contributed by atoms with Gasteiger partial charge in [0, 0.05) is 10.8 Å². The Morgan fingerprint density at radius 2 is 1.87 bits per heavy atom.